The SMILES string of the molecule is CCn1nc(C)c(C(=O)N2CCCC[C@H]2CN2CCOCC2)c1C. The van der Waals surface area contributed by atoms with Crippen molar-refractivity contribution in [2.24, 2.45) is 0 Å². The Morgan fingerprint density at radius 2 is 1.96 bits per heavy atom. The molecule has 6 nitrogen and oxygen atoms in total. The first-order valence-electron chi connectivity index (χ1n) is 9.27. The molecule has 3 rings (SSSR count). The van der Waals surface area contributed by atoms with E-state index in [4.69, 9.17) is 4.74 Å². The van der Waals surface area contributed by atoms with Crippen LogP contribution in [0, 0.1) is 13.8 Å². The van der Waals surface area contributed by atoms with E-state index in [1.807, 2.05) is 18.5 Å². The Morgan fingerprint density at radius 1 is 1.21 bits per heavy atom. The molecule has 24 heavy (non-hydrogen) atoms. The molecule has 2 aliphatic heterocycles. The predicted molar refractivity (Wildman–Crippen MR) is 93.3 cm³/mol. The summed E-state index contributed by atoms with van der Waals surface area (Å²) >= 11 is 0. The molecule has 0 bridgehead atoms. The minimum Gasteiger partial charge on any atom is -0.379 e. The van der Waals surface area contributed by atoms with Gasteiger partial charge in [-0.1, -0.05) is 0 Å². The molecular formula is C18H30N4O2. The molecular weight excluding hydrogens is 304 g/mol. The van der Waals surface area contributed by atoms with Crippen molar-refractivity contribution in [2.75, 3.05) is 39.4 Å². The van der Waals surface area contributed by atoms with Gasteiger partial charge in [0.15, 0.2) is 0 Å². The van der Waals surface area contributed by atoms with E-state index in [1.54, 1.807) is 0 Å². The van der Waals surface area contributed by atoms with Crippen LogP contribution in [-0.2, 0) is 11.3 Å². The van der Waals surface area contributed by atoms with Gasteiger partial charge in [-0.05, 0) is 40.0 Å². The lowest BCUT2D eigenvalue weighted by molar-refractivity contribution is 0.0166. The third-order valence-corrected chi connectivity index (χ3v) is 5.36. The van der Waals surface area contributed by atoms with Gasteiger partial charge in [-0.2, -0.15) is 5.10 Å². The van der Waals surface area contributed by atoms with E-state index in [-0.39, 0.29) is 5.91 Å². The lowest BCUT2D eigenvalue weighted by Gasteiger charge is -2.39. The fourth-order valence-corrected chi connectivity index (χ4v) is 4.00. The van der Waals surface area contributed by atoms with Gasteiger partial charge in [-0.3, -0.25) is 14.4 Å². The number of carbonyl (C=O) groups excluding carboxylic acids is 1. The van der Waals surface area contributed by atoms with Crippen molar-refractivity contribution in [1.82, 2.24) is 19.6 Å². The molecule has 6 heteroatoms. The first-order valence-corrected chi connectivity index (χ1v) is 9.27. The number of aromatic nitrogens is 2. The van der Waals surface area contributed by atoms with Crippen LogP contribution >= 0.6 is 0 Å². The van der Waals surface area contributed by atoms with Crippen molar-refractivity contribution in [2.45, 2.75) is 52.6 Å². The summed E-state index contributed by atoms with van der Waals surface area (Å²) in [6.07, 6.45) is 3.42. The summed E-state index contributed by atoms with van der Waals surface area (Å²) in [7, 11) is 0. The zero-order valence-corrected chi connectivity index (χ0v) is 15.3. The Bertz CT molecular complexity index is 578. The van der Waals surface area contributed by atoms with Crippen molar-refractivity contribution in [3.05, 3.63) is 17.0 Å². The molecule has 0 aromatic carbocycles. The number of rotatable bonds is 4. The number of morpholine rings is 1. The Kier molecular flexibility index (Phi) is 5.56. The zero-order valence-electron chi connectivity index (χ0n) is 15.3. The molecule has 0 aliphatic carbocycles. The van der Waals surface area contributed by atoms with Crippen molar-refractivity contribution in [1.29, 1.82) is 0 Å². The van der Waals surface area contributed by atoms with E-state index in [1.165, 1.54) is 6.42 Å². The van der Waals surface area contributed by atoms with Crippen LogP contribution in [0.3, 0.4) is 0 Å². The summed E-state index contributed by atoms with van der Waals surface area (Å²) in [6.45, 7) is 12.2. The lowest BCUT2D eigenvalue weighted by atomic mass is 9.99. The highest BCUT2D eigenvalue weighted by molar-refractivity contribution is 5.96. The monoisotopic (exact) mass is 334 g/mol. The molecule has 2 fully saturated rings. The quantitative estimate of drug-likeness (QED) is 0.843. The highest BCUT2D eigenvalue weighted by Gasteiger charge is 2.32. The molecule has 1 aromatic heterocycles. The number of carbonyl (C=O) groups is 1. The predicted octanol–water partition coefficient (Wildman–Crippen LogP) is 1.85. The first-order chi connectivity index (χ1) is 11.6. The highest BCUT2D eigenvalue weighted by atomic mass is 16.5. The van der Waals surface area contributed by atoms with E-state index in [9.17, 15) is 4.79 Å². The summed E-state index contributed by atoms with van der Waals surface area (Å²) < 4.78 is 7.38. The third-order valence-electron chi connectivity index (χ3n) is 5.36. The second-order valence-corrected chi connectivity index (χ2v) is 6.92. The van der Waals surface area contributed by atoms with Crippen molar-refractivity contribution in [3.8, 4) is 0 Å². The minimum atomic E-state index is 0.169. The Balaban J connectivity index is 1.77. The molecule has 1 aromatic rings. The molecule has 1 atom stereocenters. The van der Waals surface area contributed by atoms with Crippen LogP contribution in [-0.4, -0.2) is 70.9 Å². The minimum absolute atomic E-state index is 0.169. The van der Waals surface area contributed by atoms with E-state index in [0.717, 1.165) is 75.7 Å². The van der Waals surface area contributed by atoms with Crippen LogP contribution < -0.4 is 0 Å². The topological polar surface area (TPSA) is 50.6 Å². The van der Waals surface area contributed by atoms with Crippen LogP contribution in [0.5, 0.6) is 0 Å². The largest absolute Gasteiger partial charge is 0.379 e. The number of likely N-dealkylation sites (tertiary alicyclic amines) is 1. The molecule has 2 saturated heterocycles. The summed E-state index contributed by atoms with van der Waals surface area (Å²) in [5.41, 5.74) is 2.66. The molecule has 2 aliphatic rings. The van der Waals surface area contributed by atoms with E-state index in [0.29, 0.717) is 6.04 Å². The Hall–Kier alpha value is -1.40. The Labute approximate surface area is 144 Å². The van der Waals surface area contributed by atoms with Gasteiger partial charge >= 0.3 is 0 Å². The fourth-order valence-electron chi connectivity index (χ4n) is 4.00. The molecule has 0 N–H and O–H groups in total. The molecule has 0 spiro atoms. The average molecular weight is 334 g/mol. The molecule has 0 radical (unpaired) electrons. The van der Waals surface area contributed by atoms with Crippen LogP contribution in [0.4, 0.5) is 0 Å². The number of nitrogens with zero attached hydrogens (tertiary/aromatic N) is 4. The number of amides is 1. The summed E-state index contributed by atoms with van der Waals surface area (Å²) in [6, 6.07) is 0.313. The number of piperidine rings is 1. The van der Waals surface area contributed by atoms with Gasteiger partial charge < -0.3 is 9.64 Å². The Morgan fingerprint density at radius 3 is 2.62 bits per heavy atom. The summed E-state index contributed by atoms with van der Waals surface area (Å²) in [4.78, 5) is 17.8. The smallest absolute Gasteiger partial charge is 0.257 e. The summed E-state index contributed by atoms with van der Waals surface area (Å²) in [5, 5.41) is 4.53. The van der Waals surface area contributed by atoms with E-state index < -0.39 is 0 Å². The number of aryl methyl sites for hydroxylation is 2. The maximum Gasteiger partial charge on any atom is 0.257 e. The zero-order chi connectivity index (χ0) is 17.1. The summed E-state index contributed by atoms with van der Waals surface area (Å²) in [5.74, 6) is 0.169. The van der Waals surface area contributed by atoms with Gasteiger partial charge in [0.2, 0.25) is 0 Å². The van der Waals surface area contributed by atoms with Gasteiger partial charge in [0, 0.05) is 44.5 Å². The standard InChI is InChI=1S/C18H30N4O2/c1-4-22-15(3)17(14(2)19-22)18(23)21-8-6-5-7-16(21)13-20-9-11-24-12-10-20/h16H,4-13H2,1-3H3/t16-/m0/s1. The lowest BCUT2D eigenvalue weighted by Crippen LogP contribution is -2.51. The van der Waals surface area contributed by atoms with Gasteiger partial charge in [-0.15, -0.1) is 0 Å². The number of hydrogen-bond donors (Lipinski definition) is 0. The third kappa shape index (κ3) is 3.49. The maximum atomic E-state index is 13.3. The molecule has 134 valence electrons. The van der Waals surface area contributed by atoms with Crippen molar-refractivity contribution in [3.63, 3.8) is 0 Å². The first kappa shape index (κ1) is 17.4. The van der Waals surface area contributed by atoms with Crippen LogP contribution in [0.1, 0.15) is 47.9 Å². The fraction of sp³-hybridized carbons (Fsp3) is 0.778. The average Bonchev–Trinajstić information content (AvgIpc) is 2.89. The van der Waals surface area contributed by atoms with Crippen LogP contribution in [0.15, 0.2) is 0 Å². The van der Waals surface area contributed by atoms with Crippen molar-refractivity contribution >= 4 is 5.91 Å². The van der Waals surface area contributed by atoms with Gasteiger partial charge in [-0.25, -0.2) is 0 Å². The second-order valence-electron chi connectivity index (χ2n) is 6.92. The van der Waals surface area contributed by atoms with E-state index in [2.05, 4.69) is 21.8 Å². The van der Waals surface area contributed by atoms with Gasteiger partial charge in [0.05, 0.1) is 24.5 Å². The normalized spacial score (nSPS) is 22.8. The van der Waals surface area contributed by atoms with Gasteiger partial charge in [0.25, 0.3) is 5.91 Å². The van der Waals surface area contributed by atoms with E-state index >= 15 is 0 Å². The number of ether oxygens (including phenoxy) is 1. The molecule has 1 amide bonds. The van der Waals surface area contributed by atoms with Crippen molar-refractivity contribution < 1.29 is 9.53 Å². The van der Waals surface area contributed by atoms with Crippen LogP contribution in [0.25, 0.3) is 0 Å². The maximum absolute atomic E-state index is 13.3. The van der Waals surface area contributed by atoms with Gasteiger partial charge in [0.1, 0.15) is 0 Å². The highest BCUT2D eigenvalue weighted by Crippen LogP contribution is 2.24. The molecule has 0 unspecified atom stereocenters. The molecule has 0 saturated carbocycles. The van der Waals surface area contributed by atoms with Crippen LogP contribution in [0.2, 0.25) is 0 Å². The second kappa shape index (κ2) is 7.66. The molecule has 3 heterocycles. The number of hydrogen-bond acceptors (Lipinski definition) is 4.